The summed E-state index contributed by atoms with van der Waals surface area (Å²) in [6.07, 6.45) is 0. The van der Waals surface area contributed by atoms with E-state index in [0.717, 1.165) is 22.2 Å². The van der Waals surface area contributed by atoms with E-state index < -0.39 is 12.0 Å². The van der Waals surface area contributed by atoms with Gasteiger partial charge in [0.1, 0.15) is 6.04 Å². The zero-order chi connectivity index (χ0) is 14.1. The first kappa shape index (κ1) is 13.1. The average Bonchev–Trinajstić information content (AvgIpc) is 2.77. The van der Waals surface area contributed by atoms with Crippen LogP contribution >= 0.6 is 0 Å². The van der Waals surface area contributed by atoms with Gasteiger partial charge in [0.15, 0.2) is 0 Å². The summed E-state index contributed by atoms with van der Waals surface area (Å²) in [7, 11) is 0. The van der Waals surface area contributed by atoms with Gasteiger partial charge in [-0.25, -0.2) is 0 Å². The van der Waals surface area contributed by atoms with Gasteiger partial charge in [-0.1, -0.05) is 18.2 Å². The molecule has 1 fully saturated rings. The predicted octanol–water partition coefficient (Wildman–Crippen LogP) is 1.93. The van der Waals surface area contributed by atoms with Crippen LogP contribution < -0.4 is 0 Å². The molecule has 0 bridgehead atoms. The van der Waals surface area contributed by atoms with Crippen molar-refractivity contribution in [2.75, 3.05) is 26.3 Å². The van der Waals surface area contributed by atoms with Crippen LogP contribution in [0.25, 0.3) is 10.9 Å². The van der Waals surface area contributed by atoms with Gasteiger partial charge >= 0.3 is 5.97 Å². The number of nitrogens with zero attached hydrogens (tertiary/aromatic N) is 1. The molecule has 1 atom stereocenters. The van der Waals surface area contributed by atoms with Crippen molar-refractivity contribution < 1.29 is 14.6 Å². The molecular formula is C15H18N2O3. The first-order valence-corrected chi connectivity index (χ1v) is 6.80. The highest BCUT2D eigenvalue weighted by atomic mass is 16.5. The van der Waals surface area contributed by atoms with Gasteiger partial charge in [-0.2, -0.15) is 0 Å². The van der Waals surface area contributed by atoms with E-state index in [1.165, 1.54) is 0 Å². The molecule has 1 saturated heterocycles. The smallest absolute Gasteiger partial charge is 0.325 e. The van der Waals surface area contributed by atoms with Gasteiger partial charge in [-0.3, -0.25) is 9.69 Å². The van der Waals surface area contributed by atoms with Crippen LogP contribution in [0.3, 0.4) is 0 Å². The number of aryl methyl sites for hydroxylation is 1. The third-order valence-electron chi connectivity index (χ3n) is 3.86. The fourth-order valence-corrected chi connectivity index (χ4v) is 2.95. The van der Waals surface area contributed by atoms with Crippen LogP contribution in [0.15, 0.2) is 24.3 Å². The topological polar surface area (TPSA) is 65.6 Å². The Hall–Kier alpha value is -1.85. The number of hydrogen-bond donors (Lipinski definition) is 2. The number of H-pyrrole nitrogens is 1. The van der Waals surface area contributed by atoms with Gasteiger partial charge in [0.05, 0.1) is 13.2 Å². The lowest BCUT2D eigenvalue weighted by molar-refractivity contribution is -0.145. The van der Waals surface area contributed by atoms with Crippen LogP contribution in [0, 0.1) is 6.92 Å². The second kappa shape index (κ2) is 5.26. The first-order chi connectivity index (χ1) is 9.68. The molecule has 1 aromatic carbocycles. The van der Waals surface area contributed by atoms with Gasteiger partial charge in [-0.05, 0) is 13.0 Å². The quantitative estimate of drug-likeness (QED) is 0.897. The van der Waals surface area contributed by atoms with Gasteiger partial charge in [0.25, 0.3) is 0 Å². The Bertz CT molecular complexity index is 629. The van der Waals surface area contributed by atoms with Crippen LogP contribution in [0.5, 0.6) is 0 Å². The maximum atomic E-state index is 11.8. The Morgan fingerprint density at radius 3 is 2.75 bits per heavy atom. The third-order valence-corrected chi connectivity index (χ3v) is 3.86. The van der Waals surface area contributed by atoms with Crippen molar-refractivity contribution in [2.24, 2.45) is 0 Å². The second-order valence-corrected chi connectivity index (χ2v) is 5.10. The standard InChI is InChI=1S/C15H18N2O3/c1-10-13(11-4-2-3-5-12(11)16-10)14(15(18)19)17-6-8-20-9-7-17/h2-5,14,16H,6-9H2,1H3,(H,18,19)/t14-/m1/s1. The lowest BCUT2D eigenvalue weighted by Gasteiger charge is -2.32. The van der Waals surface area contributed by atoms with Gasteiger partial charge < -0.3 is 14.8 Å². The number of ether oxygens (including phenoxy) is 1. The predicted molar refractivity (Wildman–Crippen MR) is 75.8 cm³/mol. The van der Waals surface area contributed by atoms with Gasteiger partial charge in [0, 0.05) is 35.2 Å². The Morgan fingerprint density at radius 1 is 1.35 bits per heavy atom. The van der Waals surface area contributed by atoms with Crippen molar-refractivity contribution >= 4 is 16.9 Å². The lowest BCUT2D eigenvalue weighted by Crippen LogP contribution is -2.42. The van der Waals surface area contributed by atoms with Gasteiger partial charge in [0.2, 0.25) is 0 Å². The number of fused-ring (bicyclic) bond motifs is 1. The lowest BCUT2D eigenvalue weighted by atomic mass is 10.0. The molecule has 5 nitrogen and oxygen atoms in total. The molecule has 2 N–H and O–H groups in total. The van der Waals surface area contributed by atoms with Crippen molar-refractivity contribution in [2.45, 2.75) is 13.0 Å². The van der Waals surface area contributed by atoms with Gasteiger partial charge in [-0.15, -0.1) is 0 Å². The number of carboxylic acids is 1. The van der Waals surface area contributed by atoms with Crippen molar-refractivity contribution in [3.05, 3.63) is 35.5 Å². The average molecular weight is 274 g/mol. The molecule has 2 heterocycles. The Kier molecular flexibility index (Phi) is 3.46. The number of rotatable bonds is 3. The maximum absolute atomic E-state index is 11.8. The molecule has 0 unspecified atom stereocenters. The highest BCUT2D eigenvalue weighted by molar-refractivity contribution is 5.90. The summed E-state index contributed by atoms with van der Waals surface area (Å²) in [5.41, 5.74) is 2.78. The Morgan fingerprint density at radius 2 is 2.05 bits per heavy atom. The number of aliphatic carboxylic acids is 1. The molecule has 0 spiro atoms. The zero-order valence-corrected chi connectivity index (χ0v) is 11.4. The Balaban J connectivity index is 2.09. The van der Waals surface area contributed by atoms with E-state index in [-0.39, 0.29) is 0 Å². The molecule has 0 amide bonds. The number of aromatic nitrogens is 1. The van der Waals surface area contributed by atoms with Crippen LogP contribution in [-0.4, -0.2) is 47.3 Å². The highest BCUT2D eigenvalue weighted by Gasteiger charge is 2.32. The normalized spacial score (nSPS) is 18.2. The molecular weight excluding hydrogens is 256 g/mol. The van der Waals surface area contributed by atoms with Crippen LogP contribution in [0.2, 0.25) is 0 Å². The molecule has 106 valence electrons. The molecule has 1 aliphatic heterocycles. The summed E-state index contributed by atoms with van der Waals surface area (Å²) in [5.74, 6) is -0.806. The van der Waals surface area contributed by atoms with Crippen LogP contribution in [0.1, 0.15) is 17.3 Å². The molecule has 0 saturated carbocycles. The highest BCUT2D eigenvalue weighted by Crippen LogP contribution is 2.32. The van der Waals surface area contributed by atoms with Crippen molar-refractivity contribution in [1.29, 1.82) is 0 Å². The molecule has 20 heavy (non-hydrogen) atoms. The zero-order valence-electron chi connectivity index (χ0n) is 11.4. The maximum Gasteiger partial charge on any atom is 0.325 e. The largest absolute Gasteiger partial charge is 0.480 e. The summed E-state index contributed by atoms with van der Waals surface area (Å²) < 4.78 is 5.32. The van der Waals surface area contributed by atoms with E-state index in [4.69, 9.17) is 4.74 Å². The number of carbonyl (C=O) groups is 1. The molecule has 0 aliphatic carbocycles. The number of carboxylic acid groups (broad SMARTS) is 1. The fraction of sp³-hybridized carbons (Fsp3) is 0.400. The van der Waals surface area contributed by atoms with Crippen LogP contribution in [-0.2, 0) is 9.53 Å². The summed E-state index contributed by atoms with van der Waals surface area (Å²) in [5, 5.41) is 10.7. The number of benzene rings is 1. The van der Waals surface area contributed by atoms with E-state index in [0.29, 0.717) is 26.3 Å². The van der Waals surface area contributed by atoms with E-state index in [1.807, 2.05) is 36.1 Å². The third kappa shape index (κ3) is 2.19. The van der Waals surface area contributed by atoms with E-state index in [2.05, 4.69) is 4.98 Å². The SMILES string of the molecule is Cc1[nH]c2ccccc2c1[C@H](C(=O)O)N1CCOCC1. The van der Waals surface area contributed by atoms with E-state index >= 15 is 0 Å². The molecule has 2 aromatic rings. The van der Waals surface area contributed by atoms with Crippen molar-refractivity contribution in [1.82, 2.24) is 9.88 Å². The van der Waals surface area contributed by atoms with Crippen molar-refractivity contribution in [3.63, 3.8) is 0 Å². The van der Waals surface area contributed by atoms with E-state index in [1.54, 1.807) is 0 Å². The summed E-state index contributed by atoms with van der Waals surface area (Å²) in [6, 6.07) is 7.23. The molecule has 1 aromatic heterocycles. The second-order valence-electron chi connectivity index (χ2n) is 5.10. The summed E-state index contributed by atoms with van der Waals surface area (Å²) in [6.45, 7) is 4.41. The number of morpholine rings is 1. The summed E-state index contributed by atoms with van der Waals surface area (Å²) >= 11 is 0. The molecule has 3 rings (SSSR count). The molecule has 0 radical (unpaired) electrons. The summed E-state index contributed by atoms with van der Waals surface area (Å²) in [4.78, 5) is 17.1. The van der Waals surface area contributed by atoms with Crippen molar-refractivity contribution in [3.8, 4) is 0 Å². The number of nitrogens with one attached hydrogen (secondary N) is 1. The number of para-hydroxylation sites is 1. The monoisotopic (exact) mass is 274 g/mol. The molecule has 5 heteroatoms. The molecule has 1 aliphatic rings. The minimum atomic E-state index is -0.806. The number of aromatic amines is 1. The minimum absolute atomic E-state index is 0.588. The minimum Gasteiger partial charge on any atom is -0.480 e. The first-order valence-electron chi connectivity index (χ1n) is 6.80. The Labute approximate surface area is 117 Å². The fourth-order valence-electron chi connectivity index (χ4n) is 2.95. The van der Waals surface area contributed by atoms with Crippen LogP contribution in [0.4, 0.5) is 0 Å². The number of hydrogen-bond acceptors (Lipinski definition) is 3. The van der Waals surface area contributed by atoms with E-state index in [9.17, 15) is 9.90 Å².